The van der Waals surface area contributed by atoms with E-state index in [1.54, 1.807) is 43.4 Å². The Kier molecular flexibility index (Phi) is 7.88. The van der Waals surface area contributed by atoms with Crippen molar-refractivity contribution >= 4 is 52.6 Å². The minimum absolute atomic E-state index is 0. The van der Waals surface area contributed by atoms with Gasteiger partial charge >= 0.3 is 0 Å². The van der Waals surface area contributed by atoms with Crippen molar-refractivity contribution in [3.05, 3.63) is 41.4 Å². The van der Waals surface area contributed by atoms with E-state index >= 15 is 0 Å². The van der Waals surface area contributed by atoms with Crippen LogP contribution < -0.4 is 24.8 Å². The van der Waals surface area contributed by atoms with Gasteiger partial charge in [0.2, 0.25) is 5.95 Å². The maximum atomic E-state index is 12.5. The number of methoxy groups -OCH3 is 2. The van der Waals surface area contributed by atoms with E-state index in [4.69, 9.17) is 31.5 Å². The second-order valence-electron chi connectivity index (χ2n) is 7.22. The van der Waals surface area contributed by atoms with Gasteiger partial charge in [-0.3, -0.25) is 4.79 Å². The Balaban J connectivity index is 0.00000306. The zero-order chi connectivity index (χ0) is 22.7. The number of hydrogen-bond acceptors (Lipinski definition) is 8. The van der Waals surface area contributed by atoms with E-state index < -0.39 is 0 Å². The molecule has 9 nitrogen and oxygen atoms in total. The van der Waals surface area contributed by atoms with Crippen LogP contribution in [0.4, 0.5) is 11.8 Å². The summed E-state index contributed by atoms with van der Waals surface area (Å²) in [5, 5.41) is 1.17. The highest BCUT2D eigenvalue weighted by atomic mass is 35.5. The van der Waals surface area contributed by atoms with Crippen molar-refractivity contribution in [3.63, 3.8) is 0 Å². The number of carbonyl (C=O) groups excluding carboxylic acids is 1. The smallest absolute Gasteiger partial charge is 0.260 e. The van der Waals surface area contributed by atoms with Crippen LogP contribution in [0, 0.1) is 0 Å². The molecule has 4 rings (SSSR count). The first-order chi connectivity index (χ1) is 15.5. The number of nitrogens with zero attached hydrogens (tertiary/aromatic N) is 4. The number of hydrogen-bond donors (Lipinski definition) is 1. The van der Waals surface area contributed by atoms with Crippen molar-refractivity contribution in [2.75, 3.05) is 57.6 Å². The average Bonchev–Trinajstić information content (AvgIpc) is 2.82. The van der Waals surface area contributed by atoms with Crippen molar-refractivity contribution in [2.24, 2.45) is 0 Å². The molecule has 1 aliphatic rings. The fourth-order valence-electron chi connectivity index (χ4n) is 3.56. The number of nitrogen functional groups attached to an aromatic ring is 1. The van der Waals surface area contributed by atoms with Gasteiger partial charge in [0.1, 0.15) is 11.6 Å². The number of piperazine rings is 1. The predicted octanol–water partition coefficient (Wildman–Crippen LogP) is 3.03. The molecule has 11 heteroatoms. The van der Waals surface area contributed by atoms with Crippen LogP contribution in [0.15, 0.2) is 36.4 Å². The second kappa shape index (κ2) is 10.6. The van der Waals surface area contributed by atoms with Gasteiger partial charge in [0.25, 0.3) is 5.91 Å². The highest BCUT2D eigenvalue weighted by Crippen LogP contribution is 2.34. The Morgan fingerprint density at radius 3 is 2.36 bits per heavy atom. The van der Waals surface area contributed by atoms with Crippen LogP contribution in [0.3, 0.4) is 0 Å². The van der Waals surface area contributed by atoms with E-state index in [0.717, 1.165) is 0 Å². The summed E-state index contributed by atoms with van der Waals surface area (Å²) in [5.74, 6) is 2.40. The minimum Gasteiger partial charge on any atom is -0.493 e. The molecule has 0 radical (unpaired) electrons. The molecule has 0 saturated carbocycles. The molecule has 1 aromatic heterocycles. The lowest BCUT2D eigenvalue weighted by Crippen LogP contribution is -2.50. The monoisotopic (exact) mass is 493 g/mol. The zero-order valence-electron chi connectivity index (χ0n) is 18.3. The van der Waals surface area contributed by atoms with Crippen molar-refractivity contribution in [1.29, 1.82) is 0 Å². The first-order valence-electron chi connectivity index (χ1n) is 10.1. The Morgan fingerprint density at radius 2 is 1.70 bits per heavy atom. The van der Waals surface area contributed by atoms with Crippen molar-refractivity contribution < 1.29 is 19.0 Å². The summed E-state index contributed by atoms with van der Waals surface area (Å²) in [4.78, 5) is 25.4. The first-order valence-corrected chi connectivity index (χ1v) is 10.5. The van der Waals surface area contributed by atoms with Crippen LogP contribution in [0.1, 0.15) is 0 Å². The van der Waals surface area contributed by atoms with E-state index in [0.29, 0.717) is 71.1 Å². The Labute approximate surface area is 202 Å². The van der Waals surface area contributed by atoms with Crippen molar-refractivity contribution in [1.82, 2.24) is 14.9 Å². The average molecular weight is 494 g/mol. The summed E-state index contributed by atoms with van der Waals surface area (Å²) in [7, 11) is 3.14. The molecule has 176 valence electrons. The predicted molar refractivity (Wildman–Crippen MR) is 130 cm³/mol. The van der Waals surface area contributed by atoms with Gasteiger partial charge in [0.15, 0.2) is 18.1 Å². The third-order valence-electron chi connectivity index (χ3n) is 5.32. The number of aromatic nitrogens is 2. The van der Waals surface area contributed by atoms with Crippen LogP contribution in [-0.2, 0) is 4.79 Å². The molecule has 0 bridgehead atoms. The molecular weight excluding hydrogens is 469 g/mol. The first kappa shape index (κ1) is 24.5. The summed E-state index contributed by atoms with van der Waals surface area (Å²) >= 11 is 6.08. The molecule has 2 N–H and O–H groups in total. The molecule has 1 fully saturated rings. The third-order valence-corrected chi connectivity index (χ3v) is 5.63. The molecule has 1 saturated heterocycles. The largest absolute Gasteiger partial charge is 0.493 e. The highest BCUT2D eigenvalue weighted by Gasteiger charge is 2.24. The Hall–Kier alpha value is -3.17. The molecule has 33 heavy (non-hydrogen) atoms. The van der Waals surface area contributed by atoms with Gasteiger partial charge in [-0.25, -0.2) is 4.98 Å². The quantitative estimate of drug-likeness (QED) is 0.558. The van der Waals surface area contributed by atoms with Crippen LogP contribution in [0.25, 0.3) is 10.9 Å². The number of rotatable bonds is 6. The van der Waals surface area contributed by atoms with Gasteiger partial charge in [-0.05, 0) is 18.2 Å². The van der Waals surface area contributed by atoms with Gasteiger partial charge in [0.05, 0.1) is 24.8 Å². The number of amides is 1. The van der Waals surface area contributed by atoms with Gasteiger partial charge in [-0.1, -0.05) is 23.7 Å². The van der Waals surface area contributed by atoms with Gasteiger partial charge < -0.3 is 29.7 Å². The summed E-state index contributed by atoms with van der Waals surface area (Å²) in [5.41, 5.74) is 6.86. The van der Waals surface area contributed by atoms with E-state index in [1.165, 1.54) is 0 Å². The number of ether oxygens (including phenoxy) is 3. The zero-order valence-corrected chi connectivity index (χ0v) is 19.9. The second-order valence-corrected chi connectivity index (χ2v) is 7.63. The van der Waals surface area contributed by atoms with Crippen LogP contribution in [0.5, 0.6) is 17.2 Å². The molecule has 1 aliphatic heterocycles. The van der Waals surface area contributed by atoms with Gasteiger partial charge in [-0.15, -0.1) is 12.4 Å². The Bertz CT molecular complexity index is 1140. The number of fused-ring (bicyclic) bond motifs is 1. The lowest BCUT2D eigenvalue weighted by Gasteiger charge is -2.34. The lowest BCUT2D eigenvalue weighted by atomic mass is 10.2. The molecule has 0 atom stereocenters. The van der Waals surface area contributed by atoms with Crippen LogP contribution in [-0.4, -0.2) is 67.8 Å². The topological polar surface area (TPSA) is 103 Å². The van der Waals surface area contributed by atoms with Crippen LogP contribution >= 0.6 is 24.0 Å². The molecule has 0 spiro atoms. The summed E-state index contributed by atoms with van der Waals surface area (Å²) in [6, 6.07) is 10.6. The molecule has 0 aliphatic carbocycles. The highest BCUT2D eigenvalue weighted by molar-refractivity contribution is 6.32. The molecule has 2 aromatic carbocycles. The number of halogens is 2. The van der Waals surface area contributed by atoms with Crippen molar-refractivity contribution in [3.8, 4) is 17.2 Å². The summed E-state index contributed by atoms with van der Waals surface area (Å²) in [6.45, 7) is 2.15. The SMILES string of the molecule is COc1cc2nc(N3CCN(C(=O)COc4ccccc4Cl)CC3)nc(N)c2cc1OC.Cl. The third kappa shape index (κ3) is 5.26. The molecule has 0 unspecified atom stereocenters. The molecule has 3 aromatic rings. The maximum Gasteiger partial charge on any atom is 0.260 e. The molecule has 1 amide bonds. The number of para-hydroxylation sites is 1. The fraction of sp³-hybridized carbons (Fsp3) is 0.318. The van der Waals surface area contributed by atoms with Crippen LogP contribution in [0.2, 0.25) is 5.02 Å². The summed E-state index contributed by atoms with van der Waals surface area (Å²) in [6.07, 6.45) is 0. The van der Waals surface area contributed by atoms with Gasteiger partial charge in [-0.2, -0.15) is 4.98 Å². The normalized spacial score (nSPS) is 13.4. The van der Waals surface area contributed by atoms with E-state index in [-0.39, 0.29) is 24.9 Å². The fourth-order valence-corrected chi connectivity index (χ4v) is 3.75. The Morgan fingerprint density at radius 1 is 1.03 bits per heavy atom. The van der Waals surface area contributed by atoms with Crippen molar-refractivity contribution in [2.45, 2.75) is 0 Å². The van der Waals surface area contributed by atoms with E-state index in [2.05, 4.69) is 9.97 Å². The minimum atomic E-state index is -0.0969. The maximum absolute atomic E-state index is 12.5. The van der Waals surface area contributed by atoms with E-state index in [1.807, 2.05) is 17.0 Å². The standard InChI is InChI=1S/C22H24ClN5O4.ClH/c1-30-18-11-14-16(12-19(18)31-2)25-22(26-21(14)24)28-9-7-27(8-10-28)20(29)13-32-17-6-4-3-5-15(17)23;/h3-6,11-12H,7-10,13H2,1-2H3,(H2,24,25,26);1H. The number of anilines is 2. The molecule has 2 heterocycles. The summed E-state index contributed by atoms with van der Waals surface area (Å²) < 4.78 is 16.3. The lowest BCUT2D eigenvalue weighted by molar-refractivity contribution is -0.133. The number of benzene rings is 2. The van der Waals surface area contributed by atoms with Gasteiger partial charge in [0, 0.05) is 37.6 Å². The molecular formula is C22H25Cl2N5O4. The van der Waals surface area contributed by atoms with E-state index in [9.17, 15) is 4.79 Å². The number of nitrogens with two attached hydrogens (primary N) is 1. The number of carbonyl (C=O) groups is 1.